The van der Waals surface area contributed by atoms with E-state index in [1.807, 2.05) is 25.7 Å². The molecule has 8 nitrogen and oxygen atoms in total. The highest BCUT2D eigenvalue weighted by atomic mass is 16.2. The number of piperazine rings is 1. The molecule has 1 saturated carbocycles. The number of amides is 1. The van der Waals surface area contributed by atoms with Crippen molar-refractivity contribution >= 4 is 11.9 Å². The van der Waals surface area contributed by atoms with Gasteiger partial charge in [0.25, 0.3) is 0 Å². The van der Waals surface area contributed by atoms with E-state index < -0.39 is 5.54 Å². The number of carbonyl (C=O) groups is 1. The summed E-state index contributed by atoms with van der Waals surface area (Å²) in [6.45, 7) is 12.1. The number of hydrogen-bond donors (Lipinski definition) is 1. The van der Waals surface area contributed by atoms with E-state index in [4.69, 9.17) is 0 Å². The fourth-order valence-electron chi connectivity index (χ4n) is 4.57. The van der Waals surface area contributed by atoms with Gasteiger partial charge in [-0.05, 0) is 52.7 Å². The minimum atomic E-state index is -0.553. The zero-order chi connectivity index (χ0) is 19.7. The van der Waals surface area contributed by atoms with Crippen molar-refractivity contribution in [2.24, 2.45) is 0 Å². The molecule has 1 aliphatic heterocycles. The van der Waals surface area contributed by atoms with Crippen LogP contribution in [-0.4, -0.2) is 68.0 Å². The van der Waals surface area contributed by atoms with Gasteiger partial charge in [-0.3, -0.25) is 10.1 Å². The van der Waals surface area contributed by atoms with Gasteiger partial charge in [-0.1, -0.05) is 24.4 Å². The molecule has 2 fully saturated rings. The maximum absolute atomic E-state index is 12.9. The van der Waals surface area contributed by atoms with Crippen molar-refractivity contribution in [1.29, 1.82) is 0 Å². The van der Waals surface area contributed by atoms with Crippen LogP contribution in [0.4, 0.5) is 5.95 Å². The standard InChI is InChI=1S/C19H33N7O/c1-14-20-17(22-24-21-14)26(15-9-7-6-8-10-15)12-11-25-13-18(2,3)23-19(4,5)16(25)27/h15,23H,6-13H2,1-5H3. The monoisotopic (exact) mass is 375 g/mol. The van der Waals surface area contributed by atoms with Crippen LogP contribution >= 0.6 is 0 Å². The molecule has 1 N–H and O–H groups in total. The number of rotatable bonds is 5. The number of aromatic nitrogens is 4. The molecule has 8 heteroatoms. The van der Waals surface area contributed by atoms with Crippen molar-refractivity contribution in [3.63, 3.8) is 0 Å². The molecule has 3 rings (SSSR count). The van der Waals surface area contributed by atoms with Gasteiger partial charge in [0, 0.05) is 31.2 Å². The summed E-state index contributed by atoms with van der Waals surface area (Å²) in [6.07, 6.45) is 6.02. The van der Waals surface area contributed by atoms with E-state index in [0.29, 0.717) is 37.4 Å². The van der Waals surface area contributed by atoms with Crippen molar-refractivity contribution in [3.8, 4) is 0 Å². The van der Waals surface area contributed by atoms with Crippen molar-refractivity contribution < 1.29 is 4.79 Å². The van der Waals surface area contributed by atoms with Crippen LogP contribution in [0.2, 0.25) is 0 Å². The summed E-state index contributed by atoms with van der Waals surface area (Å²) >= 11 is 0. The van der Waals surface area contributed by atoms with Crippen LogP contribution < -0.4 is 10.2 Å². The number of anilines is 1. The molecular formula is C19H33N7O. The molecule has 1 amide bonds. The summed E-state index contributed by atoms with van der Waals surface area (Å²) in [5.74, 6) is 1.41. The molecule has 0 aromatic carbocycles. The van der Waals surface area contributed by atoms with Crippen LogP contribution in [0.3, 0.4) is 0 Å². The fraction of sp³-hybridized carbons (Fsp3) is 0.842. The Labute approximate surface area is 162 Å². The predicted molar refractivity (Wildman–Crippen MR) is 104 cm³/mol. The highest BCUT2D eigenvalue weighted by molar-refractivity contribution is 5.86. The quantitative estimate of drug-likeness (QED) is 0.838. The number of carbonyl (C=O) groups excluding carboxylic acids is 1. The largest absolute Gasteiger partial charge is 0.338 e. The Morgan fingerprint density at radius 1 is 1.15 bits per heavy atom. The second-order valence-corrected chi connectivity index (χ2v) is 9.09. The van der Waals surface area contributed by atoms with Crippen LogP contribution in [0, 0.1) is 6.92 Å². The average molecular weight is 376 g/mol. The lowest BCUT2D eigenvalue weighted by Gasteiger charge is -2.48. The number of nitrogens with one attached hydrogen (secondary N) is 1. The second kappa shape index (κ2) is 7.66. The molecule has 150 valence electrons. The number of nitrogens with zero attached hydrogens (tertiary/aromatic N) is 6. The fourth-order valence-corrected chi connectivity index (χ4v) is 4.57. The molecular weight excluding hydrogens is 342 g/mol. The number of aryl methyl sites for hydroxylation is 1. The Kier molecular flexibility index (Phi) is 5.65. The second-order valence-electron chi connectivity index (χ2n) is 9.09. The maximum atomic E-state index is 12.9. The van der Waals surface area contributed by atoms with Gasteiger partial charge in [0.1, 0.15) is 0 Å². The van der Waals surface area contributed by atoms with Crippen molar-refractivity contribution in [2.75, 3.05) is 24.5 Å². The summed E-state index contributed by atoms with van der Waals surface area (Å²) in [5.41, 5.74) is -0.666. The summed E-state index contributed by atoms with van der Waals surface area (Å²) in [5, 5.41) is 15.4. The molecule has 1 aliphatic carbocycles. The summed E-state index contributed by atoms with van der Waals surface area (Å²) in [4.78, 5) is 21.6. The SMILES string of the molecule is Cc1nnnc(N(CCN2CC(C)(C)NC(C)(C)C2=O)C2CCCCC2)n1. The third kappa shape index (κ3) is 4.72. The topological polar surface area (TPSA) is 87.1 Å². The molecule has 2 heterocycles. The molecule has 1 aromatic rings. The minimum absolute atomic E-state index is 0.113. The third-order valence-corrected chi connectivity index (χ3v) is 5.53. The van der Waals surface area contributed by atoms with Gasteiger partial charge in [-0.25, -0.2) is 0 Å². The minimum Gasteiger partial charge on any atom is -0.338 e. The predicted octanol–water partition coefficient (Wildman–Crippen LogP) is 1.70. The van der Waals surface area contributed by atoms with Gasteiger partial charge in [0.05, 0.1) is 5.54 Å². The highest BCUT2D eigenvalue weighted by Gasteiger charge is 2.43. The third-order valence-electron chi connectivity index (χ3n) is 5.53. The molecule has 1 saturated heterocycles. The van der Waals surface area contributed by atoms with E-state index in [9.17, 15) is 4.79 Å². The van der Waals surface area contributed by atoms with Crippen molar-refractivity contribution in [1.82, 2.24) is 30.6 Å². The van der Waals surface area contributed by atoms with Crippen LogP contribution in [0.1, 0.15) is 65.6 Å². The van der Waals surface area contributed by atoms with E-state index in [-0.39, 0.29) is 11.4 Å². The normalized spacial score (nSPS) is 22.7. The van der Waals surface area contributed by atoms with E-state index in [2.05, 4.69) is 44.5 Å². The Morgan fingerprint density at radius 3 is 2.52 bits per heavy atom. The molecule has 0 atom stereocenters. The van der Waals surface area contributed by atoms with E-state index in [1.165, 1.54) is 19.3 Å². The molecule has 0 spiro atoms. The van der Waals surface area contributed by atoms with E-state index in [1.54, 1.807) is 0 Å². The Balaban J connectivity index is 1.77. The van der Waals surface area contributed by atoms with Crippen LogP contribution in [0.5, 0.6) is 0 Å². The maximum Gasteiger partial charge on any atom is 0.249 e. The van der Waals surface area contributed by atoms with Crippen molar-refractivity contribution in [2.45, 2.75) is 83.8 Å². The molecule has 0 unspecified atom stereocenters. The lowest BCUT2D eigenvalue weighted by molar-refractivity contribution is -0.143. The summed E-state index contributed by atoms with van der Waals surface area (Å²) in [6, 6.07) is 0.404. The molecule has 0 radical (unpaired) electrons. The summed E-state index contributed by atoms with van der Waals surface area (Å²) in [7, 11) is 0. The Morgan fingerprint density at radius 2 is 1.85 bits per heavy atom. The Hall–Kier alpha value is -1.83. The van der Waals surface area contributed by atoms with Gasteiger partial charge in [0.15, 0.2) is 5.82 Å². The van der Waals surface area contributed by atoms with Gasteiger partial charge < -0.3 is 9.80 Å². The first-order valence-corrected chi connectivity index (χ1v) is 10.1. The average Bonchev–Trinajstić information content (AvgIpc) is 2.59. The van der Waals surface area contributed by atoms with Crippen LogP contribution in [-0.2, 0) is 4.79 Å². The smallest absolute Gasteiger partial charge is 0.249 e. The molecule has 0 bridgehead atoms. The zero-order valence-electron chi connectivity index (χ0n) is 17.3. The van der Waals surface area contributed by atoms with Crippen LogP contribution in [0.25, 0.3) is 0 Å². The van der Waals surface area contributed by atoms with E-state index >= 15 is 0 Å². The first-order valence-electron chi connectivity index (χ1n) is 10.1. The van der Waals surface area contributed by atoms with Gasteiger partial charge in [-0.15, -0.1) is 5.10 Å². The van der Waals surface area contributed by atoms with Gasteiger partial charge in [0.2, 0.25) is 11.9 Å². The molecule has 2 aliphatic rings. The van der Waals surface area contributed by atoms with E-state index in [0.717, 1.165) is 12.8 Å². The zero-order valence-corrected chi connectivity index (χ0v) is 17.3. The number of hydrogen-bond acceptors (Lipinski definition) is 7. The molecule has 1 aromatic heterocycles. The van der Waals surface area contributed by atoms with Gasteiger partial charge in [-0.2, -0.15) is 4.98 Å². The lowest BCUT2D eigenvalue weighted by Crippen LogP contribution is -2.70. The summed E-state index contributed by atoms with van der Waals surface area (Å²) < 4.78 is 0. The first kappa shape index (κ1) is 19.9. The highest BCUT2D eigenvalue weighted by Crippen LogP contribution is 2.26. The first-order chi connectivity index (χ1) is 12.7. The van der Waals surface area contributed by atoms with Crippen molar-refractivity contribution in [3.05, 3.63) is 5.82 Å². The lowest BCUT2D eigenvalue weighted by atomic mass is 9.90. The Bertz CT molecular complexity index is 670. The van der Waals surface area contributed by atoms with Crippen LogP contribution in [0.15, 0.2) is 0 Å². The molecule has 27 heavy (non-hydrogen) atoms. The van der Waals surface area contributed by atoms with Gasteiger partial charge >= 0.3 is 0 Å².